The SMILES string of the molecule is [CH2+]Cc1c(-c2ccccc2)ccn1C. The third kappa shape index (κ3) is 1.41. The van der Waals surface area contributed by atoms with Crippen molar-refractivity contribution in [3.05, 3.63) is 55.2 Å². The quantitative estimate of drug-likeness (QED) is 0.632. The second kappa shape index (κ2) is 3.62. The van der Waals surface area contributed by atoms with E-state index in [1.165, 1.54) is 16.8 Å². The molecule has 0 N–H and O–H groups in total. The number of aromatic nitrogens is 1. The second-order valence-corrected chi connectivity index (χ2v) is 3.40. The average molecular weight is 184 g/mol. The first-order valence-electron chi connectivity index (χ1n) is 4.82. The van der Waals surface area contributed by atoms with E-state index in [4.69, 9.17) is 0 Å². The summed E-state index contributed by atoms with van der Waals surface area (Å²) in [7, 11) is 2.06. The first-order valence-corrected chi connectivity index (χ1v) is 4.82. The molecule has 2 aromatic rings. The van der Waals surface area contributed by atoms with E-state index in [1.54, 1.807) is 0 Å². The Morgan fingerprint density at radius 1 is 1.14 bits per heavy atom. The maximum Gasteiger partial charge on any atom is 0.126 e. The van der Waals surface area contributed by atoms with E-state index in [0.29, 0.717) is 0 Å². The van der Waals surface area contributed by atoms with Crippen molar-refractivity contribution in [1.82, 2.24) is 4.57 Å². The lowest BCUT2D eigenvalue weighted by molar-refractivity contribution is 0.859. The van der Waals surface area contributed by atoms with Crippen LogP contribution in [0.25, 0.3) is 11.1 Å². The first-order chi connectivity index (χ1) is 6.83. The Labute approximate surface area is 85.0 Å². The van der Waals surface area contributed by atoms with E-state index >= 15 is 0 Å². The van der Waals surface area contributed by atoms with Crippen molar-refractivity contribution < 1.29 is 0 Å². The van der Waals surface area contributed by atoms with Crippen molar-refractivity contribution >= 4 is 0 Å². The lowest BCUT2D eigenvalue weighted by atomic mass is 10.1. The molecule has 0 bridgehead atoms. The molecule has 0 aliphatic carbocycles. The molecule has 0 aliphatic heterocycles. The molecule has 1 heteroatoms. The Bertz CT molecular complexity index is 412. The summed E-state index contributed by atoms with van der Waals surface area (Å²) in [5, 5.41) is 0. The van der Waals surface area contributed by atoms with Crippen molar-refractivity contribution in [3.8, 4) is 11.1 Å². The summed E-state index contributed by atoms with van der Waals surface area (Å²) in [5.74, 6) is 0. The van der Waals surface area contributed by atoms with Crippen LogP contribution in [0.2, 0.25) is 0 Å². The summed E-state index contributed by atoms with van der Waals surface area (Å²) in [6.45, 7) is 3.95. The van der Waals surface area contributed by atoms with E-state index in [-0.39, 0.29) is 0 Å². The highest BCUT2D eigenvalue weighted by atomic mass is 14.9. The van der Waals surface area contributed by atoms with E-state index in [0.717, 1.165) is 6.42 Å². The molecule has 0 unspecified atom stereocenters. The highest BCUT2D eigenvalue weighted by Gasteiger charge is 2.08. The number of benzene rings is 1. The average Bonchev–Trinajstić information content (AvgIpc) is 2.61. The highest BCUT2D eigenvalue weighted by molar-refractivity contribution is 5.66. The minimum absolute atomic E-state index is 0.827. The standard InChI is InChI=1S/C13H14N/c1-3-13-12(9-10-14(13)2)11-7-5-4-6-8-11/h4-10H,1,3H2,2H3/q+1. The fraction of sp³-hybridized carbons (Fsp3) is 0.154. The van der Waals surface area contributed by atoms with Crippen molar-refractivity contribution in [3.63, 3.8) is 0 Å². The van der Waals surface area contributed by atoms with Gasteiger partial charge in [-0.25, -0.2) is 0 Å². The van der Waals surface area contributed by atoms with E-state index < -0.39 is 0 Å². The van der Waals surface area contributed by atoms with Gasteiger partial charge in [-0.05, 0) is 11.6 Å². The molecular weight excluding hydrogens is 170 g/mol. The van der Waals surface area contributed by atoms with E-state index in [1.807, 2.05) is 6.07 Å². The van der Waals surface area contributed by atoms with Crippen LogP contribution >= 0.6 is 0 Å². The minimum Gasteiger partial charge on any atom is -0.350 e. The summed E-state index contributed by atoms with van der Waals surface area (Å²) >= 11 is 0. The second-order valence-electron chi connectivity index (χ2n) is 3.40. The number of hydrogen-bond acceptors (Lipinski definition) is 0. The van der Waals surface area contributed by atoms with E-state index in [9.17, 15) is 0 Å². The zero-order valence-electron chi connectivity index (χ0n) is 8.40. The Hall–Kier alpha value is -1.63. The fourth-order valence-electron chi connectivity index (χ4n) is 1.75. The predicted molar refractivity (Wildman–Crippen MR) is 59.9 cm³/mol. The molecule has 0 aliphatic rings. The lowest BCUT2D eigenvalue weighted by Gasteiger charge is -2.02. The van der Waals surface area contributed by atoms with Crippen molar-refractivity contribution in [2.45, 2.75) is 6.42 Å². The minimum atomic E-state index is 0.827. The molecule has 14 heavy (non-hydrogen) atoms. The molecule has 2 rings (SSSR count). The van der Waals surface area contributed by atoms with Gasteiger partial charge in [0.05, 0.1) is 12.6 Å². The molecule has 1 aromatic heterocycles. The van der Waals surface area contributed by atoms with Gasteiger partial charge in [-0.3, -0.25) is 0 Å². The van der Waals surface area contributed by atoms with Crippen LogP contribution in [0.3, 0.4) is 0 Å². The Kier molecular flexibility index (Phi) is 2.32. The van der Waals surface area contributed by atoms with Crippen molar-refractivity contribution in [2.24, 2.45) is 7.05 Å². The molecule has 70 valence electrons. The van der Waals surface area contributed by atoms with Gasteiger partial charge in [0.25, 0.3) is 0 Å². The van der Waals surface area contributed by atoms with Gasteiger partial charge in [-0.1, -0.05) is 30.3 Å². The largest absolute Gasteiger partial charge is 0.350 e. The Morgan fingerprint density at radius 3 is 2.50 bits per heavy atom. The molecule has 1 heterocycles. The topological polar surface area (TPSA) is 4.93 Å². The molecule has 0 saturated carbocycles. The van der Waals surface area contributed by atoms with Crippen LogP contribution in [0.1, 0.15) is 5.69 Å². The van der Waals surface area contributed by atoms with Crippen LogP contribution in [0.4, 0.5) is 0 Å². The van der Waals surface area contributed by atoms with Crippen molar-refractivity contribution in [1.29, 1.82) is 0 Å². The van der Waals surface area contributed by atoms with Crippen LogP contribution < -0.4 is 0 Å². The number of nitrogens with zero attached hydrogens (tertiary/aromatic N) is 1. The monoisotopic (exact) mass is 184 g/mol. The van der Waals surface area contributed by atoms with Gasteiger partial charge in [0.1, 0.15) is 6.42 Å². The van der Waals surface area contributed by atoms with Gasteiger partial charge in [0, 0.05) is 18.8 Å². The van der Waals surface area contributed by atoms with Crippen molar-refractivity contribution in [2.75, 3.05) is 0 Å². The zero-order chi connectivity index (χ0) is 9.97. The summed E-state index contributed by atoms with van der Waals surface area (Å²) in [4.78, 5) is 0. The number of rotatable bonds is 2. The third-order valence-electron chi connectivity index (χ3n) is 2.52. The van der Waals surface area contributed by atoms with Gasteiger partial charge in [0.15, 0.2) is 0 Å². The van der Waals surface area contributed by atoms with Gasteiger partial charge < -0.3 is 4.57 Å². The Morgan fingerprint density at radius 2 is 1.86 bits per heavy atom. The smallest absolute Gasteiger partial charge is 0.126 e. The van der Waals surface area contributed by atoms with Gasteiger partial charge in [-0.15, -0.1) is 0 Å². The summed E-state index contributed by atoms with van der Waals surface area (Å²) in [6, 6.07) is 12.6. The molecule has 0 spiro atoms. The van der Waals surface area contributed by atoms with E-state index in [2.05, 4.69) is 55.1 Å². The first kappa shape index (κ1) is 8.95. The molecule has 0 atom stereocenters. The molecule has 1 aromatic carbocycles. The molecule has 0 fully saturated rings. The molecule has 0 amide bonds. The molecular formula is C13H14N+. The maximum atomic E-state index is 3.95. The molecule has 1 nitrogen and oxygen atoms in total. The van der Waals surface area contributed by atoms with Crippen LogP contribution in [-0.4, -0.2) is 4.57 Å². The normalized spacial score (nSPS) is 10.4. The van der Waals surface area contributed by atoms with Gasteiger partial charge in [0.2, 0.25) is 0 Å². The number of aryl methyl sites for hydroxylation is 1. The zero-order valence-corrected chi connectivity index (χ0v) is 8.40. The lowest BCUT2D eigenvalue weighted by Crippen LogP contribution is -1.94. The van der Waals surface area contributed by atoms with Crippen LogP contribution in [0.15, 0.2) is 42.6 Å². The van der Waals surface area contributed by atoms with Gasteiger partial charge in [-0.2, -0.15) is 0 Å². The van der Waals surface area contributed by atoms with Crippen LogP contribution in [0, 0.1) is 6.92 Å². The van der Waals surface area contributed by atoms with Crippen LogP contribution in [0.5, 0.6) is 0 Å². The number of hydrogen-bond donors (Lipinski definition) is 0. The summed E-state index contributed by atoms with van der Waals surface area (Å²) in [6.07, 6.45) is 2.91. The third-order valence-corrected chi connectivity index (χ3v) is 2.52. The maximum absolute atomic E-state index is 3.95. The highest BCUT2D eigenvalue weighted by Crippen LogP contribution is 2.24. The van der Waals surface area contributed by atoms with Gasteiger partial charge >= 0.3 is 0 Å². The predicted octanol–water partition coefficient (Wildman–Crippen LogP) is 3.07. The molecule has 0 saturated heterocycles. The van der Waals surface area contributed by atoms with Crippen LogP contribution in [-0.2, 0) is 13.5 Å². The fourth-order valence-corrected chi connectivity index (χ4v) is 1.75. The Balaban J connectivity index is 2.52. The molecule has 0 radical (unpaired) electrons. The summed E-state index contributed by atoms with van der Waals surface area (Å²) < 4.78 is 2.13. The summed E-state index contributed by atoms with van der Waals surface area (Å²) in [5.41, 5.74) is 3.85.